The minimum Gasteiger partial charge on any atom is -0.784 e. The van der Waals surface area contributed by atoms with Gasteiger partial charge in [0, 0.05) is 23.9 Å². The Labute approximate surface area is 190 Å². The number of rotatable bonds is 16. The molecule has 3 heteroatoms. The van der Waals surface area contributed by atoms with Gasteiger partial charge in [-0.25, -0.2) is 0 Å². The molecule has 0 N–H and O–H groups in total. The van der Waals surface area contributed by atoms with Crippen LogP contribution < -0.4 is 0 Å². The minimum absolute atomic E-state index is 0.253. The second-order valence-electron chi connectivity index (χ2n) is 12.1. The lowest BCUT2D eigenvalue weighted by Crippen LogP contribution is -2.65. The molecule has 1 aliphatic rings. The Kier molecular flexibility index (Phi) is 12.5. The smallest absolute Gasteiger partial charge is 0.0920 e. The van der Waals surface area contributed by atoms with Crippen molar-refractivity contribution in [1.82, 2.24) is 5.06 Å². The first-order valence-corrected chi connectivity index (χ1v) is 13.3. The van der Waals surface area contributed by atoms with E-state index in [0.717, 1.165) is 17.3 Å². The van der Waals surface area contributed by atoms with Crippen LogP contribution >= 0.6 is 0 Å². The second-order valence-corrected chi connectivity index (χ2v) is 12.1. The van der Waals surface area contributed by atoms with Crippen LogP contribution in [0.2, 0.25) is 0 Å². The molecule has 1 rings (SSSR count). The number of hydrogen-bond donors (Lipinski definition) is 0. The molecule has 0 aromatic heterocycles. The van der Waals surface area contributed by atoms with Crippen molar-refractivity contribution in [2.45, 2.75) is 154 Å². The van der Waals surface area contributed by atoms with E-state index >= 15 is 0 Å². The van der Waals surface area contributed by atoms with Crippen LogP contribution in [-0.4, -0.2) is 47.3 Å². The number of piperidine rings is 1. The van der Waals surface area contributed by atoms with Crippen LogP contribution in [0, 0.1) is 5.21 Å². The zero-order valence-corrected chi connectivity index (χ0v) is 21.9. The zero-order valence-electron chi connectivity index (χ0n) is 21.9. The Hall–Kier alpha value is -0.120. The molecule has 0 aromatic rings. The van der Waals surface area contributed by atoms with Crippen LogP contribution in [0.4, 0.5) is 0 Å². The maximum atomic E-state index is 12.6. The number of hydroxylamine groups is 2. The van der Waals surface area contributed by atoms with Crippen molar-refractivity contribution < 1.29 is 4.48 Å². The zero-order chi connectivity index (χ0) is 22.7. The molecule has 0 unspecified atom stereocenters. The summed E-state index contributed by atoms with van der Waals surface area (Å²) in [5, 5.41) is 14.0. The molecule has 0 radical (unpaired) electrons. The van der Waals surface area contributed by atoms with Gasteiger partial charge in [0.25, 0.3) is 0 Å². The molecule has 0 saturated carbocycles. The predicted octanol–water partition coefficient (Wildman–Crippen LogP) is 8.06. The van der Waals surface area contributed by atoms with Gasteiger partial charge < -0.3 is 14.8 Å². The minimum atomic E-state index is -0.253. The van der Waals surface area contributed by atoms with Gasteiger partial charge in [-0.05, 0) is 40.5 Å². The summed E-state index contributed by atoms with van der Waals surface area (Å²) < 4.78 is 1.07. The molecule has 0 atom stereocenters. The molecule has 1 aliphatic heterocycles. The highest BCUT2D eigenvalue weighted by molar-refractivity contribution is 5.01. The highest BCUT2D eigenvalue weighted by Crippen LogP contribution is 2.40. The average molecular weight is 425 g/mol. The predicted molar refractivity (Wildman–Crippen MR) is 134 cm³/mol. The highest BCUT2D eigenvalue weighted by atomic mass is 16.5. The lowest BCUT2D eigenvalue weighted by atomic mass is 9.77. The molecule has 0 aliphatic carbocycles. The molecule has 3 nitrogen and oxygen atoms in total. The maximum absolute atomic E-state index is 12.6. The third-order valence-electron chi connectivity index (χ3n) is 7.65. The molecule has 30 heavy (non-hydrogen) atoms. The Morgan fingerprint density at radius 3 is 1.37 bits per heavy atom. The third-order valence-corrected chi connectivity index (χ3v) is 7.65. The Morgan fingerprint density at radius 1 is 0.667 bits per heavy atom. The van der Waals surface area contributed by atoms with E-state index in [-0.39, 0.29) is 11.1 Å². The molecule has 0 spiro atoms. The molecule has 0 amide bonds. The van der Waals surface area contributed by atoms with Crippen LogP contribution in [0.3, 0.4) is 0 Å². The molecule has 0 aromatic carbocycles. The van der Waals surface area contributed by atoms with Gasteiger partial charge >= 0.3 is 0 Å². The Morgan fingerprint density at radius 2 is 1.00 bits per heavy atom. The van der Waals surface area contributed by atoms with E-state index < -0.39 is 0 Å². The summed E-state index contributed by atoms with van der Waals surface area (Å²) >= 11 is 0. The van der Waals surface area contributed by atoms with E-state index in [1.54, 1.807) is 0 Å². The van der Waals surface area contributed by atoms with Crippen molar-refractivity contribution in [2.75, 3.05) is 20.6 Å². The van der Waals surface area contributed by atoms with Gasteiger partial charge in [-0.3, -0.25) is 0 Å². The fourth-order valence-corrected chi connectivity index (χ4v) is 5.60. The fourth-order valence-electron chi connectivity index (χ4n) is 5.60. The van der Waals surface area contributed by atoms with E-state index in [9.17, 15) is 5.21 Å². The molecular weight excluding hydrogens is 368 g/mol. The summed E-state index contributed by atoms with van der Waals surface area (Å²) in [6, 6.07) is 0.585. The molecule has 1 fully saturated rings. The van der Waals surface area contributed by atoms with Crippen molar-refractivity contribution in [2.24, 2.45) is 0 Å². The first-order valence-electron chi connectivity index (χ1n) is 13.3. The Balaban J connectivity index is 2.09. The van der Waals surface area contributed by atoms with Crippen LogP contribution in [0.25, 0.3) is 0 Å². The van der Waals surface area contributed by atoms with E-state index in [1.165, 1.54) is 101 Å². The van der Waals surface area contributed by atoms with Crippen molar-refractivity contribution in [1.29, 1.82) is 0 Å². The average Bonchev–Trinajstić information content (AvgIpc) is 2.65. The van der Waals surface area contributed by atoms with Crippen LogP contribution in [0.1, 0.15) is 137 Å². The number of quaternary nitrogens is 1. The van der Waals surface area contributed by atoms with E-state index in [4.69, 9.17) is 0 Å². The summed E-state index contributed by atoms with van der Waals surface area (Å²) in [7, 11) is 4.78. The van der Waals surface area contributed by atoms with Gasteiger partial charge in [0.1, 0.15) is 0 Å². The van der Waals surface area contributed by atoms with Crippen molar-refractivity contribution >= 4 is 0 Å². The number of nitrogens with zero attached hydrogens (tertiary/aromatic N) is 2. The van der Waals surface area contributed by atoms with Gasteiger partial charge in [-0.2, -0.15) is 0 Å². The maximum Gasteiger partial charge on any atom is 0.0920 e. The van der Waals surface area contributed by atoms with Crippen molar-refractivity contribution in [3.05, 3.63) is 5.21 Å². The molecular formula is C27H56N2O. The lowest BCUT2D eigenvalue weighted by molar-refractivity contribution is -0.918. The first kappa shape index (κ1) is 27.9. The molecule has 0 bridgehead atoms. The SMILES string of the molecule is CCCCCCCCCCCCCCCC[N+](C)(C)C1CC(C)(C)N([O-])C(C)(C)C1. The van der Waals surface area contributed by atoms with Gasteiger partial charge in [-0.15, -0.1) is 0 Å². The second kappa shape index (κ2) is 13.4. The van der Waals surface area contributed by atoms with Gasteiger partial charge in [0.05, 0.1) is 26.7 Å². The standard InChI is InChI=1S/C27H56N2O/c1-8-9-10-11-12-13-14-15-16-17-18-19-20-21-22-29(6,7)25-23-26(2,3)28(30)27(4,5)24-25/h25H,8-24H2,1-7H3. The van der Waals surface area contributed by atoms with Crippen LogP contribution in [-0.2, 0) is 0 Å². The summed E-state index contributed by atoms with van der Waals surface area (Å²) in [6.07, 6.45) is 21.9. The van der Waals surface area contributed by atoms with Crippen molar-refractivity contribution in [3.63, 3.8) is 0 Å². The topological polar surface area (TPSA) is 26.3 Å². The van der Waals surface area contributed by atoms with E-state index in [1.807, 2.05) is 0 Å². The van der Waals surface area contributed by atoms with Crippen LogP contribution in [0.5, 0.6) is 0 Å². The quantitative estimate of drug-likeness (QED) is 0.185. The number of unbranched alkanes of at least 4 members (excludes halogenated alkanes) is 13. The summed E-state index contributed by atoms with van der Waals surface area (Å²) in [4.78, 5) is 0. The highest BCUT2D eigenvalue weighted by Gasteiger charge is 2.45. The summed E-state index contributed by atoms with van der Waals surface area (Å²) in [5.41, 5.74) is -0.505. The normalized spacial score (nSPS) is 20.0. The van der Waals surface area contributed by atoms with E-state index in [2.05, 4.69) is 48.7 Å². The fraction of sp³-hybridized carbons (Fsp3) is 1.00. The molecule has 1 saturated heterocycles. The lowest BCUT2D eigenvalue weighted by Gasteiger charge is -2.61. The molecule has 180 valence electrons. The monoisotopic (exact) mass is 424 g/mol. The molecule has 1 heterocycles. The van der Waals surface area contributed by atoms with Gasteiger partial charge in [-0.1, -0.05) is 84.0 Å². The van der Waals surface area contributed by atoms with Gasteiger partial charge in [0.15, 0.2) is 0 Å². The van der Waals surface area contributed by atoms with Crippen molar-refractivity contribution in [3.8, 4) is 0 Å². The number of hydrogen-bond acceptors (Lipinski definition) is 2. The largest absolute Gasteiger partial charge is 0.784 e. The van der Waals surface area contributed by atoms with Crippen LogP contribution in [0.15, 0.2) is 0 Å². The summed E-state index contributed by atoms with van der Waals surface area (Å²) in [6.45, 7) is 12.0. The summed E-state index contributed by atoms with van der Waals surface area (Å²) in [5.74, 6) is 0. The Bertz CT molecular complexity index is 426. The third kappa shape index (κ3) is 10.0. The first-order chi connectivity index (χ1) is 14.0. The van der Waals surface area contributed by atoms with E-state index in [0.29, 0.717) is 6.04 Å². The van der Waals surface area contributed by atoms with Gasteiger partial charge in [0.2, 0.25) is 0 Å².